The van der Waals surface area contributed by atoms with Gasteiger partial charge in [-0.05, 0) is 6.08 Å². The molecule has 1 aromatic heterocycles. The zero-order valence-corrected chi connectivity index (χ0v) is 8.58. The Balaban J connectivity index is 2.47. The SMILES string of the molecule is COC(=O)CC=Cc1nc(CO)cs1. The smallest absolute Gasteiger partial charge is 0.309 e. The second-order valence-corrected chi connectivity index (χ2v) is 3.41. The molecule has 0 aliphatic carbocycles. The van der Waals surface area contributed by atoms with Crippen molar-refractivity contribution in [1.82, 2.24) is 4.98 Å². The van der Waals surface area contributed by atoms with E-state index in [2.05, 4.69) is 9.72 Å². The van der Waals surface area contributed by atoms with Crippen LogP contribution in [0.3, 0.4) is 0 Å². The van der Waals surface area contributed by atoms with Gasteiger partial charge in [0.2, 0.25) is 0 Å². The molecule has 0 unspecified atom stereocenters. The third-order valence-corrected chi connectivity index (χ3v) is 2.36. The van der Waals surface area contributed by atoms with Crippen molar-refractivity contribution in [3.05, 3.63) is 22.2 Å². The first-order valence-electron chi connectivity index (χ1n) is 4.05. The molecule has 0 aromatic carbocycles. The maximum Gasteiger partial charge on any atom is 0.309 e. The second kappa shape index (κ2) is 5.51. The van der Waals surface area contributed by atoms with Crippen LogP contribution >= 0.6 is 11.3 Å². The summed E-state index contributed by atoms with van der Waals surface area (Å²) in [4.78, 5) is 14.8. The van der Waals surface area contributed by atoms with Crippen LogP contribution in [0.2, 0.25) is 0 Å². The van der Waals surface area contributed by atoms with Crippen LogP contribution in [-0.2, 0) is 16.1 Å². The first-order chi connectivity index (χ1) is 6.76. The average molecular weight is 213 g/mol. The molecular formula is C9H11NO3S. The molecule has 0 aliphatic heterocycles. The van der Waals surface area contributed by atoms with E-state index in [9.17, 15) is 4.79 Å². The van der Waals surface area contributed by atoms with Crippen molar-refractivity contribution in [3.63, 3.8) is 0 Å². The third-order valence-electron chi connectivity index (χ3n) is 1.50. The van der Waals surface area contributed by atoms with E-state index in [1.807, 2.05) is 0 Å². The topological polar surface area (TPSA) is 59.4 Å². The van der Waals surface area contributed by atoms with E-state index in [0.29, 0.717) is 5.69 Å². The Hall–Kier alpha value is -1.20. The number of rotatable bonds is 4. The minimum atomic E-state index is -0.278. The number of ether oxygens (including phenoxy) is 1. The molecule has 1 N–H and O–H groups in total. The number of hydrogen-bond donors (Lipinski definition) is 1. The van der Waals surface area contributed by atoms with Gasteiger partial charge in [-0.1, -0.05) is 6.08 Å². The summed E-state index contributed by atoms with van der Waals surface area (Å²) in [5.41, 5.74) is 0.646. The lowest BCUT2D eigenvalue weighted by molar-refractivity contribution is -0.139. The average Bonchev–Trinajstić information content (AvgIpc) is 2.65. The van der Waals surface area contributed by atoms with Crippen molar-refractivity contribution in [2.45, 2.75) is 13.0 Å². The molecule has 1 aromatic rings. The summed E-state index contributed by atoms with van der Waals surface area (Å²) < 4.78 is 4.47. The van der Waals surface area contributed by atoms with E-state index in [4.69, 9.17) is 5.11 Å². The molecule has 14 heavy (non-hydrogen) atoms. The first kappa shape index (κ1) is 10.9. The van der Waals surface area contributed by atoms with Gasteiger partial charge in [-0.2, -0.15) is 0 Å². The minimum absolute atomic E-state index is 0.0542. The van der Waals surface area contributed by atoms with Crippen molar-refractivity contribution in [2.24, 2.45) is 0 Å². The van der Waals surface area contributed by atoms with Gasteiger partial charge in [-0.15, -0.1) is 11.3 Å². The predicted octanol–water partition coefficient (Wildman–Crippen LogP) is 1.21. The summed E-state index contributed by atoms with van der Waals surface area (Å²) in [5, 5.41) is 11.3. The lowest BCUT2D eigenvalue weighted by atomic mass is 10.4. The number of methoxy groups -OCH3 is 1. The predicted molar refractivity (Wildman–Crippen MR) is 53.7 cm³/mol. The maximum atomic E-state index is 10.7. The number of carbonyl (C=O) groups is 1. The van der Waals surface area contributed by atoms with Crippen molar-refractivity contribution in [3.8, 4) is 0 Å². The molecule has 0 fully saturated rings. The molecule has 0 atom stereocenters. The Bertz CT molecular complexity index is 333. The van der Waals surface area contributed by atoms with E-state index in [1.54, 1.807) is 17.5 Å². The van der Waals surface area contributed by atoms with E-state index in [-0.39, 0.29) is 19.0 Å². The minimum Gasteiger partial charge on any atom is -0.469 e. The zero-order valence-electron chi connectivity index (χ0n) is 7.77. The zero-order chi connectivity index (χ0) is 10.4. The standard InChI is InChI=1S/C9H11NO3S/c1-13-9(12)4-2-3-8-10-7(5-11)6-14-8/h2-3,6,11H,4-5H2,1H3. The largest absolute Gasteiger partial charge is 0.469 e. The second-order valence-electron chi connectivity index (χ2n) is 2.52. The van der Waals surface area contributed by atoms with Gasteiger partial charge in [0.25, 0.3) is 0 Å². The van der Waals surface area contributed by atoms with Crippen molar-refractivity contribution in [2.75, 3.05) is 7.11 Å². The molecule has 0 spiro atoms. The highest BCUT2D eigenvalue weighted by molar-refractivity contribution is 7.10. The number of aliphatic hydroxyl groups excluding tert-OH is 1. The van der Waals surface area contributed by atoms with Gasteiger partial charge in [-0.25, -0.2) is 4.98 Å². The summed E-state index contributed by atoms with van der Waals surface area (Å²) >= 11 is 1.42. The molecule has 0 saturated heterocycles. The van der Waals surface area contributed by atoms with E-state index >= 15 is 0 Å². The van der Waals surface area contributed by atoms with Crippen LogP contribution in [0.4, 0.5) is 0 Å². The Morgan fingerprint density at radius 1 is 1.79 bits per heavy atom. The summed E-state index contributed by atoms with van der Waals surface area (Å²) in [6.07, 6.45) is 3.66. The fourth-order valence-corrected chi connectivity index (χ4v) is 1.54. The van der Waals surface area contributed by atoms with Gasteiger partial charge >= 0.3 is 5.97 Å². The number of thiazole rings is 1. The van der Waals surface area contributed by atoms with Gasteiger partial charge in [0.05, 0.1) is 25.8 Å². The van der Waals surface area contributed by atoms with Gasteiger partial charge in [0.15, 0.2) is 0 Å². The Morgan fingerprint density at radius 2 is 2.57 bits per heavy atom. The van der Waals surface area contributed by atoms with Crippen LogP contribution in [0.15, 0.2) is 11.5 Å². The summed E-state index contributed by atoms with van der Waals surface area (Å²) in [6, 6.07) is 0. The molecule has 0 bridgehead atoms. The third kappa shape index (κ3) is 3.27. The highest BCUT2D eigenvalue weighted by Gasteiger charge is 1.98. The molecule has 0 radical (unpaired) electrons. The van der Waals surface area contributed by atoms with Gasteiger partial charge in [-0.3, -0.25) is 4.79 Å². The monoisotopic (exact) mass is 213 g/mol. The van der Waals surface area contributed by atoms with Crippen LogP contribution < -0.4 is 0 Å². The summed E-state index contributed by atoms with van der Waals surface area (Å²) in [7, 11) is 1.35. The quantitative estimate of drug-likeness (QED) is 0.764. The summed E-state index contributed by atoms with van der Waals surface area (Å²) in [6.45, 7) is -0.0542. The number of aromatic nitrogens is 1. The van der Waals surface area contributed by atoms with Gasteiger partial charge in [0, 0.05) is 5.38 Å². The van der Waals surface area contributed by atoms with Crippen molar-refractivity contribution in [1.29, 1.82) is 0 Å². The van der Waals surface area contributed by atoms with Crippen LogP contribution in [0.1, 0.15) is 17.1 Å². The fraction of sp³-hybridized carbons (Fsp3) is 0.333. The fourth-order valence-electron chi connectivity index (χ4n) is 0.811. The molecular weight excluding hydrogens is 202 g/mol. The molecule has 0 saturated carbocycles. The molecule has 0 amide bonds. The number of hydrogen-bond acceptors (Lipinski definition) is 5. The van der Waals surface area contributed by atoms with Crippen LogP contribution in [-0.4, -0.2) is 23.2 Å². The van der Waals surface area contributed by atoms with Crippen molar-refractivity contribution < 1.29 is 14.6 Å². The lowest BCUT2D eigenvalue weighted by Gasteiger charge is -1.90. The first-order valence-corrected chi connectivity index (χ1v) is 4.93. The van der Waals surface area contributed by atoms with Crippen LogP contribution in [0.5, 0.6) is 0 Å². The Morgan fingerprint density at radius 3 is 3.14 bits per heavy atom. The highest BCUT2D eigenvalue weighted by Crippen LogP contribution is 2.11. The molecule has 5 heteroatoms. The normalized spacial score (nSPS) is 10.7. The summed E-state index contributed by atoms with van der Waals surface area (Å²) in [5.74, 6) is -0.278. The Kier molecular flexibility index (Phi) is 4.28. The van der Waals surface area contributed by atoms with E-state index in [1.165, 1.54) is 18.4 Å². The molecule has 76 valence electrons. The lowest BCUT2D eigenvalue weighted by Crippen LogP contribution is -1.96. The van der Waals surface area contributed by atoms with Gasteiger partial charge < -0.3 is 9.84 Å². The molecule has 1 heterocycles. The van der Waals surface area contributed by atoms with E-state index in [0.717, 1.165) is 5.01 Å². The molecule has 1 rings (SSSR count). The van der Waals surface area contributed by atoms with E-state index < -0.39 is 0 Å². The Labute approximate surface area is 85.9 Å². The molecule has 0 aliphatic rings. The van der Waals surface area contributed by atoms with Crippen LogP contribution in [0, 0.1) is 0 Å². The number of esters is 1. The number of carbonyl (C=O) groups excluding carboxylic acids is 1. The van der Waals surface area contributed by atoms with Gasteiger partial charge in [0.1, 0.15) is 5.01 Å². The number of nitrogens with zero attached hydrogens (tertiary/aromatic N) is 1. The number of aliphatic hydroxyl groups is 1. The van der Waals surface area contributed by atoms with Crippen LogP contribution in [0.25, 0.3) is 6.08 Å². The maximum absolute atomic E-state index is 10.7. The highest BCUT2D eigenvalue weighted by atomic mass is 32.1. The molecule has 4 nitrogen and oxygen atoms in total. The van der Waals surface area contributed by atoms with Crippen molar-refractivity contribution >= 4 is 23.4 Å².